The summed E-state index contributed by atoms with van der Waals surface area (Å²) in [7, 11) is 0. The van der Waals surface area contributed by atoms with Crippen LogP contribution in [0.1, 0.15) is 4.88 Å². The lowest BCUT2D eigenvalue weighted by Crippen LogP contribution is -2.41. The zero-order chi connectivity index (χ0) is 14.2. The summed E-state index contributed by atoms with van der Waals surface area (Å²) >= 11 is 1.50. The zero-order valence-corrected chi connectivity index (χ0v) is 12.0. The maximum Gasteiger partial charge on any atom is 0.262 e. The van der Waals surface area contributed by atoms with Crippen LogP contribution in [0, 0.1) is 11.3 Å². The molecule has 1 N–H and O–H groups in total. The molecular formula is C14H17N3O2S. The second-order valence-electron chi connectivity index (χ2n) is 4.40. The molecule has 2 heterocycles. The van der Waals surface area contributed by atoms with E-state index in [2.05, 4.69) is 10.2 Å². The van der Waals surface area contributed by atoms with Crippen LogP contribution in [0.4, 0.5) is 0 Å². The Balaban J connectivity index is 1.79. The number of nitrogens with one attached hydrogen (secondary N) is 1. The van der Waals surface area contributed by atoms with E-state index in [1.165, 1.54) is 11.3 Å². The van der Waals surface area contributed by atoms with Crippen molar-refractivity contribution < 1.29 is 9.53 Å². The number of morpholine rings is 1. The summed E-state index contributed by atoms with van der Waals surface area (Å²) in [6, 6.07) is 5.72. The largest absolute Gasteiger partial charge is 0.379 e. The molecule has 0 unspecified atom stereocenters. The fourth-order valence-corrected chi connectivity index (χ4v) is 2.57. The Bertz CT molecular complexity index is 499. The summed E-state index contributed by atoms with van der Waals surface area (Å²) in [5.41, 5.74) is 0.148. The number of nitrogens with zero attached hydrogens (tertiary/aromatic N) is 2. The van der Waals surface area contributed by atoms with E-state index in [4.69, 9.17) is 10.00 Å². The molecule has 1 fully saturated rings. The predicted molar refractivity (Wildman–Crippen MR) is 78.2 cm³/mol. The Labute approximate surface area is 122 Å². The minimum atomic E-state index is -0.311. The van der Waals surface area contributed by atoms with Gasteiger partial charge in [-0.3, -0.25) is 9.69 Å². The van der Waals surface area contributed by atoms with Crippen molar-refractivity contribution in [3.8, 4) is 6.07 Å². The fraction of sp³-hybridized carbons (Fsp3) is 0.429. The third-order valence-electron chi connectivity index (χ3n) is 3.01. The smallest absolute Gasteiger partial charge is 0.262 e. The van der Waals surface area contributed by atoms with E-state index in [1.54, 1.807) is 6.08 Å². The maximum absolute atomic E-state index is 11.9. The van der Waals surface area contributed by atoms with Gasteiger partial charge in [0.05, 0.1) is 13.2 Å². The summed E-state index contributed by atoms with van der Waals surface area (Å²) in [5.74, 6) is -0.311. The van der Waals surface area contributed by atoms with Crippen LogP contribution in [0.5, 0.6) is 0 Å². The third kappa shape index (κ3) is 4.46. The van der Waals surface area contributed by atoms with Gasteiger partial charge in [-0.2, -0.15) is 5.26 Å². The van der Waals surface area contributed by atoms with Crippen molar-refractivity contribution in [1.82, 2.24) is 10.2 Å². The van der Waals surface area contributed by atoms with E-state index < -0.39 is 0 Å². The van der Waals surface area contributed by atoms with Crippen molar-refractivity contribution in [1.29, 1.82) is 5.26 Å². The summed E-state index contributed by atoms with van der Waals surface area (Å²) in [5, 5.41) is 13.7. The molecule has 1 amide bonds. The SMILES string of the molecule is N#C/C(=C\c1cccs1)C(=O)NCCN1CCOCC1. The molecule has 0 spiro atoms. The van der Waals surface area contributed by atoms with Gasteiger partial charge in [-0.15, -0.1) is 11.3 Å². The molecule has 0 bridgehead atoms. The van der Waals surface area contributed by atoms with Gasteiger partial charge in [-0.25, -0.2) is 0 Å². The number of rotatable bonds is 5. The number of thiophene rings is 1. The highest BCUT2D eigenvalue weighted by atomic mass is 32.1. The molecule has 0 atom stereocenters. The van der Waals surface area contributed by atoms with Crippen LogP contribution >= 0.6 is 11.3 Å². The molecule has 0 aromatic carbocycles. The third-order valence-corrected chi connectivity index (χ3v) is 3.83. The molecule has 106 valence electrons. The predicted octanol–water partition coefficient (Wildman–Crippen LogP) is 1.10. The summed E-state index contributed by atoms with van der Waals surface area (Å²) in [6.07, 6.45) is 1.62. The van der Waals surface area contributed by atoms with Gasteiger partial charge < -0.3 is 10.1 Å². The van der Waals surface area contributed by atoms with E-state index >= 15 is 0 Å². The average molecular weight is 291 g/mol. The Morgan fingerprint density at radius 2 is 2.35 bits per heavy atom. The molecule has 2 rings (SSSR count). The van der Waals surface area contributed by atoms with E-state index in [1.807, 2.05) is 23.6 Å². The van der Waals surface area contributed by atoms with Crippen LogP contribution in [-0.4, -0.2) is 50.2 Å². The first kappa shape index (κ1) is 14.7. The highest BCUT2D eigenvalue weighted by Gasteiger charge is 2.12. The number of hydrogen-bond acceptors (Lipinski definition) is 5. The van der Waals surface area contributed by atoms with Gasteiger partial charge in [-0.05, 0) is 17.5 Å². The van der Waals surface area contributed by atoms with E-state index in [0.717, 1.165) is 37.7 Å². The minimum Gasteiger partial charge on any atom is -0.379 e. The van der Waals surface area contributed by atoms with Crippen LogP contribution in [0.25, 0.3) is 6.08 Å². The highest BCUT2D eigenvalue weighted by molar-refractivity contribution is 7.10. The molecule has 1 aliphatic heterocycles. The van der Waals surface area contributed by atoms with E-state index in [0.29, 0.717) is 6.54 Å². The monoisotopic (exact) mass is 291 g/mol. The van der Waals surface area contributed by atoms with Gasteiger partial charge in [-0.1, -0.05) is 6.07 Å². The topological polar surface area (TPSA) is 65.4 Å². The van der Waals surface area contributed by atoms with Crippen molar-refractivity contribution in [2.45, 2.75) is 0 Å². The number of ether oxygens (including phenoxy) is 1. The van der Waals surface area contributed by atoms with E-state index in [9.17, 15) is 4.79 Å². The Hall–Kier alpha value is -1.68. The summed E-state index contributed by atoms with van der Waals surface area (Å²) in [6.45, 7) is 4.61. The van der Waals surface area contributed by atoms with E-state index in [-0.39, 0.29) is 11.5 Å². The van der Waals surface area contributed by atoms with Gasteiger partial charge in [0, 0.05) is 31.1 Å². The lowest BCUT2D eigenvalue weighted by Gasteiger charge is -2.26. The summed E-state index contributed by atoms with van der Waals surface area (Å²) < 4.78 is 5.26. The second-order valence-corrected chi connectivity index (χ2v) is 5.37. The normalized spacial score (nSPS) is 16.6. The molecule has 5 nitrogen and oxygen atoms in total. The van der Waals surface area contributed by atoms with Crippen molar-refractivity contribution in [2.24, 2.45) is 0 Å². The fourth-order valence-electron chi connectivity index (χ4n) is 1.91. The molecule has 0 radical (unpaired) electrons. The Morgan fingerprint density at radius 1 is 1.55 bits per heavy atom. The standard InChI is InChI=1S/C14H17N3O2S/c15-11-12(10-13-2-1-9-20-13)14(18)16-3-4-17-5-7-19-8-6-17/h1-2,9-10H,3-8H2,(H,16,18)/b12-10+. The average Bonchev–Trinajstić information content (AvgIpc) is 2.98. The molecular weight excluding hydrogens is 274 g/mol. The first-order valence-electron chi connectivity index (χ1n) is 6.53. The van der Waals surface area contributed by atoms with Crippen LogP contribution in [-0.2, 0) is 9.53 Å². The number of carbonyl (C=O) groups excluding carboxylic acids is 1. The first-order chi connectivity index (χ1) is 9.79. The lowest BCUT2D eigenvalue weighted by atomic mass is 10.2. The summed E-state index contributed by atoms with van der Waals surface area (Å²) in [4.78, 5) is 15.0. The Kier molecular flexibility index (Phi) is 5.74. The number of amides is 1. The van der Waals surface area contributed by atoms with Crippen molar-refractivity contribution in [3.63, 3.8) is 0 Å². The molecule has 1 aromatic rings. The van der Waals surface area contributed by atoms with Gasteiger partial charge in [0.2, 0.25) is 0 Å². The Morgan fingerprint density at radius 3 is 3.00 bits per heavy atom. The quantitative estimate of drug-likeness (QED) is 0.652. The number of hydrogen-bond donors (Lipinski definition) is 1. The van der Waals surface area contributed by atoms with Gasteiger partial charge in [0.25, 0.3) is 5.91 Å². The zero-order valence-electron chi connectivity index (χ0n) is 11.2. The van der Waals surface area contributed by atoms with Gasteiger partial charge in [0.1, 0.15) is 11.6 Å². The molecule has 1 aliphatic rings. The van der Waals surface area contributed by atoms with Crippen molar-refractivity contribution >= 4 is 23.3 Å². The number of carbonyl (C=O) groups is 1. The highest BCUT2D eigenvalue weighted by Crippen LogP contribution is 2.13. The molecule has 20 heavy (non-hydrogen) atoms. The molecule has 0 saturated carbocycles. The van der Waals surface area contributed by atoms with Crippen LogP contribution in [0.2, 0.25) is 0 Å². The van der Waals surface area contributed by atoms with Crippen LogP contribution in [0.3, 0.4) is 0 Å². The second kappa shape index (κ2) is 7.80. The lowest BCUT2D eigenvalue weighted by molar-refractivity contribution is -0.117. The van der Waals surface area contributed by atoms with Gasteiger partial charge >= 0.3 is 0 Å². The molecule has 6 heteroatoms. The van der Waals surface area contributed by atoms with Crippen molar-refractivity contribution in [3.05, 3.63) is 28.0 Å². The molecule has 1 saturated heterocycles. The van der Waals surface area contributed by atoms with Crippen LogP contribution < -0.4 is 5.32 Å². The van der Waals surface area contributed by atoms with Gasteiger partial charge in [0.15, 0.2) is 0 Å². The minimum absolute atomic E-state index is 0.148. The molecule has 1 aromatic heterocycles. The number of nitriles is 1. The first-order valence-corrected chi connectivity index (χ1v) is 7.41. The molecule has 0 aliphatic carbocycles. The maximum atomic E-state index is 11.9. The van der Waals surface area contributed by atoms with Crippen LogP contribution in [0.15, 0.2) is 23.1 Å². The van der Waals surface area contributed by atoms with Crippen molar-refractivity contribution in [2.75, 3.05) is 39.4 Å².